The van der Waals surface area contributed by atoms with Crippen molar-refractivity contribution < 1.29 is 9.47 Å². The number of nitrogens with one attached hydrogen (secondary N) is 1. The van der Waals surface area contributed by atoms with Crippen molar-refractivity contribution >= 4 is 33.2 Å². The van der Waals surface area contributed by atoms with Gasteiger partial charge in [-0.25, -0.2) is 0 Å². The molecular weight excluding hydrogens is 354 g/mol. The largest absolute Gasteiger partial charge is 0.493 e. The van der Waals surface area contributed by atoms with E-state index in [1.807, 2.05) is 43.3 Å². The molecule has 0 bridgehead atoms. The molecule has 21 heavy (non-hydrogen) atoms. The Bertz CT molecular complexity index is 619. The SMILES string of the molecule is CCOc1c(Br)cc(CNc2ccccc2Cl)cc1OC. The topological polar surface area (TPSA) is 30.5 Å². The smallest absolute Gasteiger partial charge is 0.175 e. The highest BCUT2D eigenvalue weighted by molar-refractivity contribution is 9.10. The molecule has 3 nitrogen and oxygen atoms in total. The molecule has 2 rings (SSSR count). The molecule has 0 aromatic heterocycles. The molecule has 0 aliphatic heterocycles. The number of hydrogen-bond donors (Lipinski definition) is 1. The standard InChI is InChI=1S/C16H17BrClNO2/c1-3-21-16-12(17)8-11(9-15(16)20-2)10-19-14-7-5-4-6-13(14)18/h4-9,19H,3,10H2,1-2H3. The quantitative estimate of drug-likeness (QED) is 0.765. The summed E-state index contributed by atoms with van der Waals surface area (Å²) in [5.74, 6) is 1.43. The molecule has 0 spiro atoms. The number of halogens is 2. The van der Waals surface area contributed by atoms with Gasteiger partial charge in [0.25, 0.3) is 0 Å². The molecule has 1 N–H and O–H groups in total. The molecule has 0 radical (unpaired) electrons. The van der Waals surface area contributed by atoms with Gasteiger partial charge in [0.05, 0.1) is 28.9 Å². The highest BCUT2D eigenvalue weighted by Crippen LogP contribution is 2.37. The van der Waals surface area contributed by atoms with Crippen molar-refractivity contribution in [2.45, 2.75) is 13.5 Å². The van der Waals surface area contributed by atoms with Crippen LogP contribution >= 0.6 is 27.5 Å². The lowest BCUT2D eigenvalue weighted by Crippen LogP contribution is -2.02. The minimum atomic E-state index is 0.589. The molecule has 0 aliphatic carbocycles. The van der Waals surface area contributed by atoms with Gasteiger partial charge < -0.3 is 14.8 Å². The monoisotopic (exact) mass is 369 g/mol. The van der Waals surface area contributed by atoms with Crippen LogP contribution < -0.4 is 14.8 Å². The Kier molecular flexibility index (Phi) is 5.76. The Morgan fingerprint density at radius 2 is 2.00 bits per heavy atom. The maximum Gasteiger partial charge on any atom is 0.175 e. The van der Waals surface area contributed by atoms with Crippen molar-refractivity contribution in [3.63, 3.8) is 0 Å². The summed E-state index contributed by atoms with van der Waals surface area (Å²) in [7, 11) is 1.63. The zero-order chi connectivity index (χ0) is 15.2. The predicted octanol–water partition coefficient (Wildman–Crippen LogP) is 5.12. The third-order valence-corrected chi connectivity index (χ3v) is 3.85. The van der Waals surface area contributed by atoms with Gasteiger partial charge >= 0.3 is 0 Å². The third-order valence-electron chi connectivity index (χ3n) is 2.93. The Balaban J connectivity index is 2.17. The molecule has 0 fully saturated rings. The summed E-state index contributed by atoms with van der Waals surface area (Å²) in [6.45, 7) is 3.18. The van der Waals surface area contributed by atoms with E-state index in [0.29, 0.717) is 23.9 Å². The number of benzene rings is 2. The third kappa shape index (κ3) is 4.05. The van der Waals surface area contributed by atoms with Crippen LogP contribution in [-0.4, -0.2) is 13.7 Å². The van der Waals surface area contributed by atoms with E-state index in [1.165, 1.54) is 0 Å². The van der Waals surface area contributed by atoms with Crippen molar-refractivity contribution in [2.24, 2.45) is 0 Å². The summed E-state index contributed by atoms with van der Waals surface area (Å²) in [6, 6.07) is 11.6. The second-order valence-corrected chi connectivity index (χ2v) is 5.64. The van der Waals surface area contributed by atoms with Crippen LogP contribution in [0.4, 0.5) is 5.69 Å². The van der Waals surface area contributed by atoms with Crippen LogP contribution in [0.5, 0.6) is 11.5 Å². The van der Waals surface area contributed by atoms with Crippen molar-refractivity contribution in [3.8, 4) is 11.5 Å². The van der Waals surface area contributed by atoms with Crippen molar-refractivity contribution in [1.29, 1.82) is 0 Å². The number of ether oxygens (including phenoxy) is 2. The normalized spacial score (nSPS) is 10.3. The van der Waals surface area contributed by atoms with E-state index >= 15 is 0 Å². The number of rotatable bonds is 6. The minimum Gasteiger partial charge on any atom is -0.493 e. The molecular formula is C16H17BrClNO2. The molecule has 0 saturated carbocycles. The predicted molar refractivity (Wildman–Crippen MR) is 90.6 cm³/mol. The average Bonchev–Trinajstić information content (AvgIpc) is 2.48. The summed E-state index contributed by atoms with van der Waals surface area (Å²) in [5.41, 5.74) is 1.98. The van der Waals surface area contributed by atoms with Crippen molar-refractivity contribution in [2.75, 3.05) is 19.0 Å². The Morgan fingerprint density at radius 1 is 1.24 bits per heavy atom. The van der Waals surface area contributed by atoms with Gasteiger partial charge in [-0.3, -0.25) is 0 Å². The van der Waals surface area contributed by atoms with Gasteiger partial charge in [-0.2, -0.15) is 0 Å². The van der Waals surface area contributed by atoms with Crippen LogP contribution in [0.1, 0.15) is 12.5 Å². The molecule has 0 aliphatic rings. The highest BCUT2D eigenvalue weighted by Gasteiger charge is 2.11. The lowest BCUT2D eigenvalue weighted by molar-refractivity contribution is 0.308. The summed E-state index contributed by atoms with van der Waals surface area (Å²) < 4.78 is 11.8. The van der Waals surface area contributed by atoms with Gasteiger partial charge in [0, 0.05) is 6.54 Å². The number of hydrogen-bond acceptors (Lipinski definition) is 3. The summed E-state index contributed by atoms with van der Waals surface area (Å²) >= 11 is 9.65. The Hall–Kier alpha value is -1.39. The summed E-state index contributed by atoms with van der Waals surface area (Å²) in [6.07, 6.45) is 0. The fourth-order valence-corrected chi connectivity index (χ4v) is 2.77. The van der Waals surface area contributed by atoms with Gasteiger partial charge in [0.2, 0.25) is 0 Å². The van der Waals surface area contributed by atoms with Crippen LogP contribution in [-0.2, 0) is 6.54 Å². The van der Waals surface area contributed by atoms with Crippen LogP contribution in [0.25, 0.3) is 0 Å². The van der Waals surface area contributed by atoms with Gasteiger partial charge in [0.15, 0.2) is 11.5 Å². The first-order valence-corrected chi connectivity index (χ1v) is 7.80. The number of anilines is 1. The molecule has 2 aromatic rings. The second-order valence-electron chi connectivity index (χ2n) is 4.38. The van der Waals surface area contributed by atoms with E-state index in [-0.39, 0.29) is 0 Å². The molecule has 0 atom stereocenters. The van der Waals surface area contributed by atoms with Gasteiger partial charge in [0.1, 0.15) is 0 Å². The van der Waals surface area contributed by atoms with Gasteiger partial charge in [-0.1, -0.05) is 23.7 Å². The molecule has 0 heterocycles. The Morgan fingerprint density at radius 3 is 2.67 bits per heavy atom. The maximum atomic E-state index is 6.13. The molecule has 0 saturated heterocycles. The average molecular weight is 371 g/mol. The minimum absolute atomic E-state index is 0.589. The van der Waals surface area contributed by atoms with Crippen LogP contribution in [0, 0.1) is 0 Å². The highest BCUT2D eigenvalue weighted by atomic mass is 79.9. The van der Waals surface area contributed by atoms with E-state index in [9.17, 15) is 0 Å². The fourth-order valence-electron chi connectivity index (χ4n) is 1.96. The zero-order valence-electron chi connectivity index (χ0n) is 12.0. The van der Waals surface area contributed by atoms with E-state index in [1.54, 1.807) is 7.11 Å². The summed E-state index contributed by atoms with van der Waals surface area (Å²) in [5, 5.41) is 4.01. The fraction of sp³-hybridized carbons (Fsp3) is 0.250. The first-order valence-electron chi connectivity index (χ1n) is 6.63. The van der Waals surface area contributed by atoms with Crippen LogP contribution in [0.3, 0.4) is 0 Å². The Labute approximate surface area is 138 Å². The van der Waals surface area contributed by atoms with Gasteiger partial charge in [-0.15, -0.1) is 0 Å². The number of methoxy groups -OCH3 is 1. The maximum absolute atomic E-state index is 6.13. The number of para-hydroxylation sites is 1. The first-order chi connectivity index (χ1) is 10.2. The zero-order valence-corrected chi connectivity index (χ0v) is 14.3. The van der Waals surface area contributed by atoms with Gasteiger partial charge in [-0.05, 0) is 52.7 Å². The molecule has 0 amide bonds. The van der Waals surface area contributed by atoms with E-state index < -0.39 is 0 Å². The molecule has 5 heteroatoms. The molecule has 112 valence electrons. The molecule has 2 aromatic carbocycles. The van der Waals surface area contributed by atoms with E-state index in [2.05, 4.69) is 21.2 Å². The first kappa shape index (κ1) is 16.0. The summed E-state index contributed by atoms with van der Waals surface area (Å²) in [4.78, 5) is 0. The lowest BCUT2D eigenvalue weighted by Gasteiger charge is -2.14. The lowest BCUT2D eigenvalue weighted by atomic mass is 10.2. The molecule has 0 unspecified atom stereocenters. The second kappa shape index (κ2) is 7.57. The van der Waals surface area contributed by atoms with E-state index in [0.717, 1.165) is 21.5 Å². The van der Waals surface area contributed by atoms with E-state index in [4.69, 9.17) is 21.1 Å². The van der Waals surface area contributed by atoms with Crippen molar-refractivity contribution in [3.05, 3.63) is 51.5 Å². The van der Waals surface area contributed by atoms with Crippen molar-refractivity contribution in [1.82, 2.24) is 0 Å². The van der Waals surface area contributed by atoms with Crippen LogP contribution in [0.15, 0.2) is 40.9 Å². The van der Waals surface area contributed by atoms with Crippen LogP contribution in [0.2, 0.25) is 5.02 Å².